The van der Waals surface area contributed by atoms with E-state index in [0.29, 0.717) is 12.8 Å². The minimum Gasteiger partial charge on any atom is -0.411 e. The molecule has 0 radical (unpaired) electrons. The first-order chi connectivity index (χ1) is 11.5. The molecule has 0 saturated heterocycles. The summed E-state index contributed by atoms with van der Waals surface area (Å²) >= 11 is 3.70. The lowest BCUT2D eigenvalue weighted by Gasteiger charge is -2.41. The van der Waals surface area contributed by atoms with Crippen LogP contribution in [0.5, 0.6) is 0 Å². The van der Waals surface area contributed by atoms with E-state index in [2.05, 4.69) is 75.9 Å². The Balaban J connectivity index is 5.46. The zero-order chi connectivity index (χ0) is 19.7. The van der Waals surface area contributed by atoms with E-state index in [9.17, 15) is 5.26 Å². The van der Waals surface area contributed by atoms with Gasteiger partial charge in [-0.1, -0.05) is 55.8 Å². The number of hydrogen-bond donors (Lipinski definition) is 0. The average molecular weight is 431 g/mol. The molecule has 4 atom stereocenters. The van der Waals surface area contributed by atoms with Crippen LogP contribution in [-0.4, -0.2) is 31.5 Å². The Labute approximate surface area is 164 Å². The Bertz CT molecular complexity index is 454. The Morgan fingerprint density at radius 3 is 2.04 bits per heavy atom. The Morgan fingerprint density at radius 1 is 1.12 bits per heavy atom. The van der Waals surface area contributed by atoms with Gasteiger partial charge in [0, 0.05) is 4.83 Å². The normalized spacial score (nSPS) is 17.2. The number of nitrogens with zero attached hydrogens (tertiary/aromatic N) is 1. The van der Waals surface area contributed by atoms with Gasteiger partial charge in [0.25, 0.3) is 0 Å². The highest BCUT2D eigenvalue weighted by atomic mass is 79.9. The molecule has 0 fully saturated rings. The van der Waals surface area contributed by atoms with Crippen LogP contribution in [0.15, 0.2) is 25.3 Å². The highest BCUT2D eigenvalue weighted by Gasteiger charge is 2.41. The van der Waals surface area contributed by atoms with Gasteiger partial charge >= 0.3 is 0 Å². The highest BCUT2D eigenvalue weighted by Crippen LogP contribution is 2.38. The summed E-state index contributed by atoms with van der Waals surface area (Å²) in [7, 11) is -1.97. The molecule has 0 amide bonds. The SMILES string of the molecule is C=CC[C@H](O[Si](C)(C)C(C)(C)C)[C@H](CC#N)O[C@H](CC=C)[C@@H](Br)CC. The van der Waals surface area contributed by atoms with Gasteiger partial charge in [-0.3, -0.25) is 0 Å². The minimum atomic E-state index is -1.97. The van der Waals surface area contributed by atoms with Crippen molar-refractivity contribution in [3.05, 3.63) is 25.3 Å². The molecule has 0 N–H and O–H groups in total. The van der Waals surface area contributed by atoms with Crippen molar-refractivity contribution in [2.45, 2.75) is 94.6 Å². The fraction of sp³-hybridized carbons (Fsp3) is 0.750. The number of ether oxygens (including phenoxy) is 1. The fourth-order valence-corrected chi connectivity index (χ4v) is 3.99. The second-order valence-electron chi connectivity index (χ2n) is 7.96. The number of halogens is 1. The van der Waals surface area contributed by atoms with Crippen LogP contribution in [-0.2, 0) is 9.16 Å². The van der Waals surface area contributed by atoms with E-state index in [-0.39, 0.29) is 28.2 Å². The quantitative estimate of drug-likeness (QED) is 0.205. The van der Waals surface area contributed by atoms with Crippen LogP contribution in [0.25, 0.3) is 0 Å². The molecule has 0 saturated carbocycles. The molecule has 144 valence electrons. The molecule has 0 unspecified atom stereocenters. The third-order valence-corrected chi connectivity index (χ3v) is 10.6. The maximum absolute atomic E-state index is 9.32. The molecule has 0 aromatic rings. The molecule has 0 aromatic carbocycles. The fourth-order valence-electron chi connectivity index (χ4n) is 2.29. The molecule has 0 bridgehead atoms. The van der Waals surface area contributed by atoms with Crippen LogP contribution in [0, 0.1) is 11.3 Å². The van der Waals surface area contributed by atoms with Crippen molar-refractivity contribution in [1.82, 2.24) is 0 Å². The first kappa shape index (κ1) is 24.6. The van der Waals surface area contributed by atoms with E-state index in [0.717, 1.165) is 12.8 Å². The van der Waals surface area contributed by atoms with Crippen LogP contribution in [0.3, 0.4) is 0 Å². The minimum absolute atomic E-state index is 0.0174. The zero-order valence-corrected chi connectivity index (χ0v) is 19.4. The third kappa shape index (κ3) is 8.21. The molecule has 25 heavy (non-hydrogen) atoms. The van der Waals surface area contributed by atoms with E-state index < -0.39 is 8.32 Å². The monoisotopic (exact) mass is 429 g/mol. The van der Waals surface area contributed by atoms with Crippen LogP contribution >= 0.6 is 15.9 Å². The van der Waals surface area contributed by atoms with E-state index in [1.54, 1.807) is 0 Å². The molecule has 0 aliphatic carbocycles. The first-order valence-corrected chi connectivity index (χ1v) is 12.9. The van der Waals surface area contributed by atoms with Crippen molar-refractivity contribution >= 4 is 24.2 Å². The zero-order valence-electron chi connectivity index (χ0n) is 16.8. The molecule has 0 rings (SSSR count). The summed E-state index contributed by atoms with van der Waals surface area (Å²) in [6.07, 6.45) is 5.98. The molecule has 5 heteroatoms. The number of nitriles is 1. The van der Waals surface area contributed by atoms with Gasteiger partial charge in [-0.05, 0) is 37.4 Å². The van der Waals surface area contributed by atoms with E-state index >= 15 is 0 Å². The molecule has 0 spiro atoms. The Morgan fingerprint density at radius 2 is 1.64 bits per heavy atom. The number of rotatable bonds is 12. The van der Waals surface area contributed by atoms with Crippen molar-refractivity contribution in [2.24, 2.45) is 0 Å². The maximum atomic E-state index is 9.32. The maximum Gasteiger partial charge on any atom is 0.192 e. The molecule has 3 nitrogen and oxygen atoms in total. The average Bonchev–Trinajstić information content (AvgIpc) is 2.51. The molecular weight excluding hydrogens is 394 g/mol. The van der Waals surface area contributed by atoms with Crippen LogP contribution in [0.4, 0.5) is 0 Å². The van der Waals surface area contributed by atoms with Gasteiger partial charge in [0.15, 0.2) is 8.32 Å². The summed E-state index contributed by atoms with van der Waals surface area (Å²) in [5.41, 5.74) is 0. The van der Waals surface area contributed by atoms with Gasteiger partial charge in [-0.15, -0.1) is 13.2 Å². The Hall–Kier alpha value is -0.413. The van der Waals surface area contributed by atoms with Crippen molar-refractivity contribution < 1.29 is 9.16 Å². The highest BCUT2D eigenvalue weighted by molar-refractivity contribution is 9.09. The molecule has 0 aliphatic rings. The molecule has 0 aliphatic heterocycles. The lowest BCUT2D eigenvalue weighted by molar-refractivity contribution is -0.0671. The summed E-state index contributed by atoms with van der Waals surface area (Å²) in [5.74, 6) is 0. The second kappa shape index (κ2) is 11.3. The van der Waals surface area contributed by atoms with Gasteiger partial charge in [0.05, 0.1) is 30.8 Å². The van der Waals surface area contributed by atoms with Crippen molar-refractivity contribution in [2.75, 3.05) is 0 Å². The third-order valence-electron chi connectivity index (χ3n) is 4.90. The summed E-state index contributed by atoms with van der Waals surface area (Å²) < 4.78 is 13.0. The van der Waals surface area contributed by atoms with Crippen LogP contribution in [0.1, 0.15) is 53.4 Å². The topological polar surface area (TPSA) is 42.2 Å². The van der Waals surface area contributed by atoms with Crippen molar-refractivity contribution in [1.29, 1.82) is 5.26 Å². The first-order valence-electron chi connectivity index (χ1n) is 9.10. The van der Waals surface area contributed by atoms with Gasteiger partial charge in [0.2, 0.25) is 0 Å². The molecule has 0 heterocycles. The second-order valence-corrected chi connectivity index (χ2v) is 13.9. The van der Waals surface area contributed by atoms with E-state index in [1.807, 2.05) is 12.2 Å². The van der Waals surface area contributed by atoms with E-state index in [4.69, 9.17) is 9.16 Å². The predicted molar refractivity (Wildman–Crippen MR) is 114 cm³/mol. The molecular formula is C20H36BrNO2Si. The van der Waals surface area contributed by atoms with Gasteiger partial charge in [-0.25, -0.2) is 0 Å². The number of hydrogen-bond acceptors (Lipinski definition) is 3. The van der Waals surface area contributed by atoms with Crippen LogP contribution in [0.2, 0.25) is 18.1 Å². The van der Waals surface area contributed by atoms with Crippen LogP contribution < -0.4 is 0 Å². The van der Waals surface area contributed by atoms with E-state index in [1.165, 1.54) is 0 Å². The predicted octanol–water partition coefficient (Wildman–Crippen LogP) is 6.37. The van der Waals surface area contributed by atoms with Gasteiger partial charge < -0.3 is 9.16 Å². The molecule has 0 aromatic heterocycles. The Kier molecular flexibility index (Phi) is 11.1. The lowest BCUT2D eigenvalue weighted by atomic mass is 10.1. The summed E-state index contributed by atoms with van der Waals surface area (Å²) in [4.78, 5) is 0.226. The van der Waals surface area contributed by atoms with Crippen molar-refractivity contribution in [3.63, 3.8) is 0 Å². The van der Waals surface area contributed by atoms with Crippen molar-refractivity contribution in [3.8, 4) is 6.07 Å². The summed E-state index contributed by atoms with van der Waals surface area (Å²) in [6, 6.07) is 2.27. The van der Waals surface area contributed by atoms with Gasteiger partial charge in [0.1, 0.15) is 0 Å². The largest absolute Gasteiger partial charge is 0.411 e. The lowest BCUT2D eigenvalue weighted by Crippen LogP contribution is -2.48. The van der Waals surface area contributed by atoms with Gasteiger partial charge in [-0.2, -0.15) is 5.26 Å². The standard InChI is InChI=1S/C20H36BrNO2Si/c1-9-12-17(16(21)11-3)23-18(14-15-22)19(13-10-2)24-25(7,8)20(4,5)6/h9-10,16-19H,1-2,11-14H2,3-8H3/t16-,17+,18-,19-/m0/s1. The summed E-state index contributed by atoms with van der Waals surface area (Å²) in [5, 5.41) is 9.42. The number of alkyl halides is 1. The summed E-state index contributed by atoms with van der Waals surface area (Å²) in [6.45, 7) is 20.9. The smallest absolute Gasteiger partial charge is 0.192 e.